The number of fused-ring (bicyclic) bond motifs is 5. The third-order valence-electron chi connectivity index (χ3n) is 4.89. The van der Waals surface area contributed by atoms with Gasteiger partial charge in [-0.3, -0.25) is 19.3 Å². The molecule has 5 nitrogen and oxygen atoms in total. The first-order valence-electron chi connectivity index (χ1n) is 7.76. The topological polar surface area (TPSA) is 63.7 Å². The van der Waals surface area contributed by atoms with Crippen LogP contribution in [0.5, 0.6) is 0 Å². The Morgan fingerprint density at radius 3 is 2.33 bits per heavy atom. The highest BCUT2D eigenvalue weighted by atomic mass is 16.5. The van der Waals surface area contributed by atoms with E-state index in [9.17, 15) is 14.4 Å². The number of ether oxygens (including phenoxy) is 1. The molecule has 2 aliphatic carbocycles. The van der Waals surface area contributed by atoms with Crippen LogP contribution in [0.15, 0.2) is 12.2 Å². The SMILES string of the molecule is CC(=O)OCCCCCN1C(=O)[C@@H]2[C@H](C1=O)[C@@H]1C=C[C@H]2C1. The van der Waals surface area contributed by atoms with Gasteiger partial charge in [-0.2, -0.15) is 0 Å². The van der Waals surface area contributed by atoms with Crippen LogP contribution >= 0.6 is 0 Å². The van der Waals surface area contributed by atoms with Gasteiger partial charge in [0, 0.05) is 13.5 Å². The maximum atomic E-state index is 12.4. The van der Waals surface area contributed by atoms with Crippen molar-refractivity contribution < 1.29 is 19.1 Å². The number of amides is 2. The predicted octanol–water partition coefficient (Wildman–Crippen LogP) is 1.53. The fourth-order valence-corrected chi connectivity index (χ4v) is 3.95. The van der Waals surface area contributed by atoms with Crippen molar-refractivity contribution in [2.75, 3.05) is 13.2 Å². The molecule has 0 radical (unpaired) electrons. The zero-order valence-electron chi connectivity index (χ0n) is 12.3. The molecular formula is C16H21NO4. The molecule has 1 saturated heterocycles. The molecule has 114 valence electrons. The number of rotatable bonds is 6. The van der Waals surface area contributed by atoms with Crippen molar-refractivity contribution in [2.24, 2.45) is 23.7 Å². The summed E-state index contributed by atoms with van der Waals surface area (Å²) in [5.74, 6) is 0.178. The maximum Gasteiger partial charge on any atom is 0.302 e. The van der Waals surface area contributed by atoms with E-state index in [1.54, 1.807) is 0 Å². The van der Waals surface area contributed by atoms with Crippen molar-refractivity contribution in [3.63, 3.8) is 0 Å². The minimum atomic E-state index is -0.268. The van der Waals surface area contributed by atoms with E-state index in [-0.39, 0.29) is 41.5 Å². The van der Waals surface area contributed by atoms with E-state index in [4.69, 9.17) is 4.74 Å². The van der Waals surface area contributed by atoms with Gasteiger partial charge in [0.2, 0.25) is 11.8 Å². The Labute approximate surface area is 124 Å². The number of imide groups is 1. The Hall–Kier alpha value is -1.65. The van der Waals surface area contributed by atoms with E-state index >= 15 is 0 Å². The molecule has 1 aliphatic heterocycles. The fourth-order valence-electron chi connectivity index (χ4n) is 3.95. The van der Waals surface area contributed by atoms with Crippen LogP contribution in [0.2, 0.25) is 0 Å². The van der Waals surface area contributed by atoms with Crippen molar-refractivity contribution in [2.45, 2.75) is 32.6 Å². The molecule has 1 saturated carbocycles. The number of hydrogen-bond donors (Lipinski definition) is 0. The van der Waals surface area contributed by atoms with Gasteiger partial charge in [0.25, 0.3) is 0 Å². The lowest BCUT2D eigenvalue weighted by atomic mass is 9.85. The van der Waals surface area contributed by atoms with Crippen molar-refractivity contribution in [3.8, 4) is 0 Å². The lowest BCUT2D eigenvalue weighted by Crippen LogP contribution is -2.33. The Morgan fingerprint density at radius 2 is 1.76 bits per heavy atom. The quantitative estimate of drug-likeness (QED) is 0.322. The van der Waals surface area contributed by atoms with Crippen LogP contribution in [0.4, 0.5) is 0 Å². The zero-order chi connectivity index (χ0) is 15.0. The Bertz CT molecular complexity index is 469. The molecule has 0 aromatic heterocycles. The average molecular weight is 291 g/mol. The third kappa shape index (κ3) is 2.49. The van der Waals surface area contributed by atoms with Gasteiger partial charge in [0.1, 0.15) is 0 Å². The Morgan fingerprint density at radius 1 is 1.14 bits per heavy atom. The summed E-state index contributed by atoms with van der Waals surface area (Å²) in [5.41, 5.74) is 0. The molecule has 3 rings (SSSR count). The van der Waals surface area contributed by atoms with Gasteiger partial charge in [-0.05, 0) is 37.5 Å². The van der Waals surface area contributed by atoms with E-state index < -0.39 is 0 Å². The first kappa shape index (κ1) is 14.3. The van der Waals surface area contributed by atoms with Gasteiger partial charge in [0.05, 0.1) is 18.4 Å². The molecule has 21 heavy (non-hydrogen) atoms. The molecule has 0 spiro atoms. The van der Waals surface area contributed by atoms with Gasteiger partial charge in [-0.15, -0.1) is 0 Å². The summed E-state index contributed by atoms with van der Waals surface area (Å²) in [6, 6.07) is 0. The minimum absolute atomic E-state index is 0.0295. The highest BCUT2D eigenvalue weighted by molar-refractivity contribution is 6.06. The molecule has 2 bridgehead atoms. The van der Waals surface area contributed by atoms with Crippen LogP contribution in [0.1, 0.15) is 32.6 Å². The van der Waals surface area contributed by atoms with Crippen molar-refractivity contribution in [1.29, 1.82) is 0 Å². The zero-order valence-corrected chi connectivity index (χ0v) is 12.3. The van der Waals surface area contributed by atoms with Gasteiger partial charge < -0.3 is 4.74 Å². The molecule has 0 N–H and O–H groups in total. The smallest absolute Gasteiger partial charge is 0.302 e. The highest BCUT2D eigenvalue weighted by Gasteiger charge is 2.58. The lowest BCUT2D eigenvalue weighted by Gasteiger charge is -2.16. The average Bonchev–Trinajstić information content (AvgIpc) is 3.10. The van der Waals surface area contributed by atoms with E-state index in [0.29, 0.717) is 13.2 Å². The van der Waals surface area contributed by atoms with Gasteiger partial charge in [0.15, 0.2) is 0 Å². The second kappa shape index (κ2) is 5.62. The van der Waals surface area contributed by atoms with Crippen LogP contribution < -0.4 is 0 Å². The van der Waals surface area contributed by atoms with E-state index in [0.717, 1.165) is 25.7 Å². The first-order valence-corrected chi connectivity index (χ1v) is 7.76. The van der Waals surface area contributed by atoms with Crippen LogP contribution in [-0.4, -0.2) is 35.8 Å². The van der Waals surface area contributed by atoms with Crippen LogP contribution in [-0.2, 0) is 19.1 Å². The number of unbranched alkanes of at least 4 members (excludes halogenated alkanes) is 2. The number of carbonyl (C=O) groups excluding carboxylic acids is 3. The number of esters is 1. The summed E-state index contributed by atoms with van der Waals surface area (Å²) in [5, 5.41) is 0. The van der Waals surface area contributed by atoms with Crippen molar-refractivity contribution in [3.05, 3.63) is 12.2 Å². The normalized spacial score (nSPS) is 32.9. The summed E-state index contributed by atoms with van der Waals surface area (Å²) in [6.45, 7) is 2.31. The minimum Gasteiger partial charge on any atom is -0.466 e. The summed E-state index contributed by atoms with van der Waals surface area (Å²) in [6.07, 6.45) is 7.60. The van der Waals surface area contributed by atoms with Crippen molar-refractivity contribution in [1.82, 2.24) is 4.90 Å². The number of likely N-dealkylation sites (tertiary alicyclic amines) is 1. The number of hydrogen-bond acceptors (Lipinski definition) is 4. The number of allylic oxidation sites excluding steroid dienone is 2. The molecule has 3 aliphatic rings. The molecule has 0 aromatic rings. The van der Waals surface area contributed by atoms with Crippen molar-refractivity contribution >= 4 is 17.8 Å². The second-order valence-electron chi connectivity index (χ2n) is 6.23. The summed E-state index contributed by atoms with van der Waals surface area (Å²) in [7, 11) is 0. The van der Waals surface area contributed by atoms with Crippen LogP contribution in [0, 0.1) is 23.7 Å². The molecule has 4 atom stereocenters. The van der Waals surface area contributed by atoms with Gasteiger partial charge in [-0.1, -0.05) is 12.2 Å². The monoisotopic (exact) mass is 291 g/mol. The third-order valence-corrected chi connectivity index (χ3v) is 4.89. The van der Waals surface area contributed by atoms with Crippen LogP contribution in [0.3, 0.4) is 0 Å². The Kier molecular flexibility index (Phi) is 3.83. The summed E-state index contributed by atoms with van der Waals surface area (Å²) in [4.78, 5) is 36.9. The lowest BCUT2D eigenvalue weighted by molar-refractivity contribution is -0.141. The van der Waals surface area contributed by atoms with E-state index in [1.807, 2.05) is 0 Å². The van der Waals surface area contributed by atoms with Gasteiger partial charge >= 0.3 is 5.97 Å². The van der Waals surface area contributed by atoms with Gasteiger partial charge in [-0.25, -0.2) is 0 Å². The molecule has 0 aromatic carbocycles. The largest absolute Gasteiger partial charge is 0.466 e. The summed E-state index contributed by atoms with van der Waals surface area (Å²) < 4.78 is 4.86. The highest BCUT2D eigenvalue weighted by Crippen LogP contribution is 2.52. The first-order chi connectivity index (χ1) is 10.1. The molecular weight excluding hydrogens is 270 g/mol. The molecule has 1 heterocycles. The Balaban J connectivity index is 1.46. The van der Waals surface area contributed by atoms with E-state index in [1.165, 1.54) is 11.8 Å². The predicted molar refractivity (Wildman–Crippen MR) is 74.9 cm³/mol. The molecule has 2 fully saturated rings. The fraction of sp³-hybridized carbons (Fsp3) is 0.688. The number of carbonyl (C=O) groups is 3. The summed E-state index contributed by atoms with van der Waals surface area (Å²) >= 11 is 0. The molecule has 2 amide bonds. The van der Waals surface area contributed by atoms with E-state index in [2.05, 4.69) is 12.2 Å². The standard InChI is InChI=1S/C16H21NO4/c1-10(18)21-8-4-2-3-7-17-15(19)13-11-5-6-12(9-11)14(13)16(17)20/h5-6,11-14H,2-4,7-9H2,1H3/t11-,12+,13-,14+. The molecule has 0 unspecified atom stereocenters. The van der Waals surface area contributed by atoms with Crippen LogP contribution in [0.25, 0.3) is 0 Å². The second-order valence-corrected chi connectivity index (χ2v) is 6.23. The number of nitrogens with zero attached hydrogens (tertiary/aromatic N) is 1. The maximum absolute atomic E-state index is 12.4. The molecule has 5 heteroatoms.